The molecule has 0 spiro atoms. The lowest BCUT2D eigenvalue weighted by Crippen LogP contribution is -1.80. The molecule has 2 heterocycles. The van der Waals surface area contributed by atoms with Crippen LogP contribution in [0.15, 0.2) is 46.7 Å². The Morgan fingerprint density at radius 1 is 1.40 bits per heavy atom. The first-order valence-electron chi connectivity index (χ1n) is 4.39. The van der Waals surface area contributed by atoms with Crippen LogP contribution in [0.2, 0.25) is 0 Å². The minimum atomic E-state index is 0.446. The molecule has 0 fully saturated rings. The monoisotopic (exact) mass is 219 g/mol. The van der Waals surface area contributed by atoms with Gasteiger partial charge in [-0.1, -0.05) is 23.9 Å². The molecule has 2 aromatic rings. The topological polar surface area (TPSA) is 51.8 Å². The molecular weight excluding hydrogens is 210 g/mol. The Kier molecular flexibility index (Phi) is 3.14. The van der Waals surface area contributed by atoms with Crippen molar-refractivity contribution in [3.05, 3.63) is 37.1 Å². The molecule has 4 nitrogen and oxygen atoms in total. The summed E-state index contributed by atoms with van der Waals surface area (Å²) in [6.07, 6.45) is 3.48. The number of hydrogen-bond donors (Lipinski definition) is 0. The van der Waals surface area contributed by atoms with E-state index in [9.17, 15) is 0 Å². The van der Waals surface area contributed by atoms with Crippen LogP contribution in [0.5, 0.6) is 0 Å². The predicted molar refractivity (Wildman–Crippen MR) is 58.5 cm³/mol. The van der Waals surface area contributed by atoms with Crippen LogP contribution in [-0.2, 0) is 0 Å². The van der Waals surface area contributed by atoms with Crippen molar-refractivity contribution < 1.29 is 4.42 Å². The van der Waals surface area contributed by atoms with Crippen LogP contribution in [0.4, 0.5) is 0 Å². The predicted octanol–water partition coefficient (Wildman–Crippen LogP) is 2.41. The molecule has 0 saturated heterocycles. The van der Waals surface area contributed by atoms with Gasteiger partial charge in [0.05, 0.1) is 0 Å². The van der Waals surface area contributed by atoms with E-state index in [1.165, 1.54) is 11.8 Å². The van der Waals surface area contributed by atoms with E-state index >= 15 is 0 Å². The minimum Gasteiger partial charge on any atom is -0.410 e. The van der Waals surface area contributed by atoms with Gasteiger partial charge in [-0.15, -0.1) is 16.8 Å². The van der Waals surface area contributed by atoms with Gasteiger partial charge in [0.15, 0.2) is 0 Å². The lowest BCUT2D eigenvalue weighted by Gasteiger charge is -1.90. The summed E-state index contributed by atoms with van der Waals surface area (Å²) in [6.45, 7) is 3.62. The highest BCUT2D eigenvalue weighted by Gasteiger charge is 2.08. The Morgan fingerprint density at radius 2 is 2.33 bits per heavy atom. The van der Waals surface area contributed by atoms with Crippen molar-refractivity contribution in [3.63, 3.8) is 0 Å². The second-order valence-electron chi connectivity index (χ2n) is 2.69. The van der Waals surface area contributed by atoms with Crippen LogP contribution >= 0.6 is 11.8 Å². The smallest absolute Gasteiger partial charge is 0.277 e. The maximum atomic E-state index is 5.40. The molecule has 0 atom stereocenters. The van der Waals surface area contributed by atoms with E-state index in [0.29, 0.717) is 16.8 Å². The summed E-state index contributed by atoms with van der Waals surface area (Å²) in [5.74, 6) is 1.20. The number of pyridine rings is 1. The molecule has 0 amide bonds. The van der Waals surface area contributed by atoms with Crippen molar-refractivity contribution in [2.45, 2.75) is 5.22 Å². The standard InChI is InChI=1S/C10H9N3OS/c1-2-7-15-10-13-12-9(14-10)8-5-3-4-6-11-8/h2-6H,1,7H2. The maximum absolute atomic E-state index is 5.40. The summed E-state index contributed by atoms with van der Waals surface area (Å²) in [6, 6.07) is 5.55. The van der Waals surface area contributed by atoms with Gasteiger partial charge in [-0.3, -0.25) is 4.98 Å². The number of nitrogens with zero attached hydrogens (tertiary/aromatic N) is 3. The largest absolute Gasteiger partial charge is 0.410 e. The molecule has 0 radical (unpaired) electrons. The molecular formula is C10H9N3OS. The fourth-order valence-corrected chi connectivity index (χ4v) is 1.49. The summed E-state index contributed by atoms with van der Waals surface area (Å²) in [7, 11) is 0. The quantitative estimate of drug-likeness (QED) is 0.583. The third kappa shape index (κ3) is 2.44. The van der Waals surface area contributed by atoms with Crippen LogP contribution in [0.25, 0.3) is 11.6 Å². The first-order valence-corrected chi connectivity index (χ1v) is 5.37. The van der Waals surface area contributed by atoms with Gasteiger partial charge in [-0.25, -0.2) is 0 Å². The van der Waals surface area contributed by atoms with Crippen molar-refractivity contribution in [3.8, 4) is 11.6 Å². The van der Waals surface area contributed by atoms with Gasteiger partial charge in [0.25, 0.3) is 11.1 Å². The van der Waals surface area contributed by atoms with E-state index in [4.69, 9.17) is 4.42 Å². The van der Waals surface area contributed by atoms with Crippen LogP contribution in [0, 0.1) is 0 Å². The second-order valence-corrected chi connectivity index (χ2v) is 3.66. The summed E-state index contributed by atoms with van der Waals surface area (Å²) < 4.78 is 5.40. The molecule has 0 unspecified atom stereocenters. The van der Waals surface area contributed by atoms with Crippen molar-refractivity contribution in [2.75, 3.05) is 5.75 Å². The van der Waals surface area contributed by atoms with Crippen LogP contribution in [0.3, 0.4) is 0 Å². The summed E-state index contributed by atoms with van der Waals surface area (Å²) in [4.78, 5) is 4.12. The van der Waals surface area contributed by atoms with Gasteiger partial charge in [-0.2, -0.15) is 0 Å². The maximum Gasteiger partial charge on any atom is 0.277 e. The molecule has 0 aromatic carbocycles. The molecule has 0 aliphatic rings. The molecule has 0 N–H and O–H groups in total. The molecule has 2 aromatic heterocycles. The van der Waals surface area contributed by atoms with Gasteiger partial charge in [-0.05, 0) is 12.1 Å². The van der Waals surface area contributed by atoms with Crippen molar-refractivity contribution >= 4 is 11.8 Å². The Morgan fingerprint density at radius 3 is 3.07 bits per heavy atom. The fourth-order valence-electron chi connectivity index (χ4n) is 0.991. The third-order valence-electron chi connectivity index (χ3n) is 1.62. The number of rotatable bonds is 4. The number of hydrogen-bond acceptors (Lipinski definition) is 5. The van der Waals surface area contributed by atoms with Gasteiger partial charge in [0.2, 0.25) is 0 Å². The molecule has 76 valence electrons. The van der Waals surface area contributed by atoms with Gasteiger partial charge >= 0.3 is 0 Å². The van der Waals surface area contributed by atoms with Gasteiger partial charge in [0.1, 0.15) is 5.69 Å². The van der Waals surface area contributed by atoms with E-state index in [0.717, 1.165) is 5.75 Å². The molecule has 0 saturated carbocycles. The average Bonchev–Trinajstić information content (AvgIpc) is 2.76. The highest BCUT2D eigenvalue weighted by Crippen LogP contribution is 2.21. The normalized spacial score (nSPS) is 10.1. The molecule has 15 heavy (non-hydrogen) atoms. The Labute approximate surface area is 91.4 Å². The lowest BCUT2D eigenvalue weighted by atomic mass is 10.3. The zero-order chi connectivity index (χ0) is 10.5. The van der Waals surface area contributed by atoms with E-state index < -0.39 is 0 Å². The van der Waals surface area contributed by atoms with Crippen LogP contribution in [-0.4, -0.2) is 20.9 Å². The average molecular weight is 219 g/mol. The summed E-state index contributed by atoms with van der Waals surface area (Å²) in [5.41, 5.74) is 0.690. The van der Waals surface area contributed by atoms with Gasteiger partial charge < -0.3 is 4.42 Å². The summed E-state index contributed by atoms with van der Waals surface area (Å²) >= 11 is 1.45. The SMILES string of the molecule is C=CCSc1nnc(-c2ccccn2)o1. The summed E-state index contributed by atoms with van der Waals surface area (Å²) in [5, 5.41) is 8.33. The zero-order valence-electron chi connectivity index (χ0n) is 7.96. The molecule has 0 bridgehead atoms. The fraction of sp³-hybridized carbons (Fsp3) is 0.100. The van der Waals surface area contributed by atoms with Crippen molar-refractivity contribution in [2.24, 2.45) is 0 Å². The highest BCUT2D eigenvalue weighted by molar-refractivity contribution is 7.99. The molecule has 2 rings (SSSR count). The zero-order valence-corrected chi connectivity index (χ0v) is 8.78. The Balaban J connectivity index is 2.17. The van der Waals surface area contributed by atoms with Crippen LogP contribution in [0.1, 0.15) is 0 Å². The molecule has 0 aliphatic heterocycles. The highest BCUT2D eigenvalue weighted by atomic mass is 32.2. The number of aromatic nitrogens is 3. The van der Waals surface area contributed by atoms with E-state index in [2.05, 4.69) is 21.8 Å². The number of thioether (sulfide) groups is 1. The minimum absolute atomic E-state index is 0.446. The first-order chi connectivity index (χ1) is 7.40. The lowest BCUT2D eigenvalue weighted by molar-refractivity contribution is 0.465. The molecule has 0 aliphatic carbocycles. The first kappa shape index (κ1) is 9.92. The molecule has 5 heteroatoms. The van der Waals surface area contributed by atoms with Crippen molar-refractivity contribution in [1.82, 2.24) is 15.2 Å². The van der Waals surface area contributed by atoms with E-state index in [1.807, 2.05) is 18.2 Å². The third-order valence-corrected chi connectivity index (χ3v) is 2.43. The second kappa shape index (κ2) is 4.75. The Bertz CT molecular complexity index is 441. The Hall–Kier alpha value is -1.62. The van der Waals surface area contributed by atoms with Crippen molar-refractivity contribution in [1.29, 1.82) is 0 Å². The van der Waals surface area contributed by atoms with Gasteiger partial charge in [0, 0.05) is 11.9 Å². The van der Waals surface area contributed by atoms with E-state index in [-0.39, 0.29) is 0 Å². The van der Waals surface area contributed by atoms with Crippen LogP contribution < -0.4 is 0 Å². The van der Waals surface area contributed by atoms with E-state index in [1.54, 1.807) is 12.3 Å².